The lowest BCUT2D eigenvalue weighted by atomic mass is 10.4. The Morgan fingerprint density at radius 3 is 2.60 bits per heavy atom. The van der Waals surface area contributed by atoms with Crippen molar-refractivity contribution in [2.75, 3.05) is 6.61 Å². The second-order valence-corrected chi connectivity index (χ2v) is 2.74. The molecule has 15 heavy (non-hydrogen) atoms. The zero-order valence-electron chi connectivity index (χ0n) is 7.88. The summed E-state index contributed by atoms with van der Waals surface area (Å²) < 4.78 is 41.4. The highest BCUT2D eigenvalue weighted by molar-refractivity contribution is 5.19. The molecular weight excluding hydrogens is 213 g/mol. The van der Waals surface area contributed by atoms with Crippen LogP contribution in [-0.4, -0.2) is 21.7 Å². The predicted molar refractivity (Wildman–Crippen MR) is 44.5 cm³/mol. The van der Waals surface area contributed by atoms with Gasteiger partial charge in [-0.15, -0.1) is 0 Å². The van der Waals surface area contributed by atoms with E-state index < -0.39 is 23.8 Å². The number of hydrogen-bond donors (Lipinski definition) is 1. The summed E-state index contributed by atoms with van der Waals surface area (Å²) in [6.45, 7) is 1.98. The van der Waals surface area contributed by atoms with Crippen LogP contribution >= 0.6 is 0 Å². The average molecular weight is 222 g/mol. The zero-order valence-corrected chi connectivity index (χ0v) is 7.88. The van der Waals surface area contributed by atoms with Gasteiger partial charge in [0.1, 0.15) is 0 Å². The molecule has 0 aromatic carbocycles. The fourth-order valence-corrected chi connectivity index (χ4v) is 0.816. The van der Waals surface area contributed by atoms with Gasteiger partial charge in [-0.05, 0) is 6.42 Å². The molecular formula is C8H9F3N2O2. The molecule has 7 heteroatoms. The number of nitrogens with zero attached hydrogens (tertiary/aromatic N) is 2. The quantitative estimate of drug-likeness (QED) is 0.849. The summed E-state index contributed by atoms with van der Waals surface area (Å²) in [5, 5.41) is 8.93. The van der Waals surface area contributed by atoms with Gasteiger partial charge < -0.3 is 9.84 Å². The second kappa shape index (κ2) is 4.33. The van der Waals surface area contributed by atoms with Crippen LogP contribution in [0.25, 0.3) is 0 Å². The van der Waals surface area contributed by atoms with E-state index in [0.717, 1.165) is 0 Å². The molecule has 1 aromatic rings. The highest BCUT2D eigenvalue weighted by atomic mass is 19.4. The smallest absolute Gasteiger partial charge is 0.433 e. The van der Waals surface area contributed by atoms with Crippen LogP contribution < -0.4 is 4.74 Å². The molecule has 0 aliphatic rings. The Labute approximate surface area is 83.7 Å². The number of aromatic hydroxyl groups is 1. The second-order valence-electron chi connectivity index (χ2n) is 2.74. The van der Waals surface area contributed by atoms with Crippen molar-refractivity contribution >= 4 is 0 Å². The minimum Gasteiger partial charge on any atom is -0.493 e. The number of hydrogen-bond acceptors (Lipinski definition) is 4. The Bertz CT molecular complexity index is 341. The van der Waals surface area contributed by atoms with Crippen molar-refractivity contribution in [3.05, 3.63) is 11.8 Å². The maximum absolute atomic E-state index is 12.2. The van der Waals surface area contributed by atoms with E-state index in [1.165, 1.54) is 0 Å². The van der Waals surface area contributed by atoms with Crippen molar-refractivity contribution in [3.8, 4) is 11.9 Å². The maximum atomic E-state index is 12.2. The van der Waals surface area contributed by atoms with Crippen molar-refractivity contribution in [2.24, 2.45) is 0 Å². The lowest BCUT2D eigenvalue weighted by Gasteiger charge is -2.08. The third kappa shape index (κ3) is 3.26. The van der Waals surface area contributed by atoms with Gasteiger partial charge in [-0.2, -0.15) is 23.1 Å². The van der Waals surface area contributed by atoms with Crippen molar-refractivity contribution < 1.29 is 23.0 Å². The van der Waals surface area contributed by atoms with Crippen LogP contribution in [0.2, 0.25) is 0 Å². The summed E-state index contributed by atoms with van der Waals surface area (Å²) >= 11 is 0. The number of rotatable bonds is 3. The third-order valence-electron chi connectivity index (χ3n) is 1.42. The van der Waals surface area contributed by atoms with Crippen LogP contribution in [0.4, 0.5) is 13.2 Å². The molecule has 1 aromatic heterocycles. The Morgan fingerprint density at radius 1 is 1.40 bits per heavy atom. The van der Waals surface area contributed by atoms with Crippen molar-refractivity contribution in [1.82, 2.24) is 9.97 Å². The SMILES string of the molecule is CCCOc1nc(O)cc(C(F)(F)F)n1. The fourth-order valence-electron chi connectivity index (χ4n) is 0.816. The van der Waals surface area contributed by atoms with Crippen LogP contribution in [0.1, 0.15) is 19.0 Å². The van der Waals surface area contributed by atoms with E-state index in [4.69, 9.17) is 9.84 Å². The lowest BCUT2D eigenvalue weighted by Crippen LogP contribution is -2.10. The molecule has 0 bridgehead atoms. The Morgan fingerprint density at radius 2 is 2.07 bits per heavy atom. The van der Waals surface area contributed by atoms with Gasteiger partial charge in [0.2, 0.25) is 5.88 Å². The molecule has 0 unspecified atom stereocenters. The Balaban J connectivity index is 2.95. The molecule has 0 aliphatic heterocycles. The first-order valence-corrected chi connectivity index (χ1v) is 4.21. The minimum atomic E-state index is -4.62. The molecule has 1 rings (SSSR count). The van der Waals surface area contributed by atoms with Crippen LogP contribution in [0.3, 0.4) is 0 Å². The molecule has 1 N–H and O–H groups in total. The molecule has 0 fully saturated rings. The molecule has 1 heterocycles. The number of halogens is 3. The van der Waals surface area contributed by atoms with Crippen LogP contribution in [0.5, 0.6) is 11.9 Å². The molecule has 84 valence electrons. The predicted octanol–water partition coefficient (Wildman–Crippen LogP) is 1.99. The number of alkyl halides is 3. The summed E-state index contributed by atoms with van der Waals surface area (Å²) in [6.07, 6.45) is -4.01. The largest absolute Gasteiger partial charge is 0.493 e. The zero-order chi connectivity index (χ0) is 11.5. The first-order chi connectivity index (χ1) is 6.93. The van der Waals surface area contributed by atoms with Crippen LogP contribution in [0, 0.1) is 0 Å². The first kappa shape index (κ1) is 11.5. The van der Waals surface area contributed by atoms with E-state index >= 15 is 0 Å². The van der Waals surface area contributed by atoms with Gasteiger partial charge in [0, 0.05) is 6.07 Å². The third-order valence-corrected chi connectivity index (χ3v) is 1.42. The van der Waals surface area contributed by atoms with Crippen LogP contribution in [-0.2, 0) is 6.18 Å². The molecule has 0 atom stereocenters. The van der Waals surface area contributed by atoms with Crippen molar-refractivity contribution in [3.63, 3.8) is 0 Å². The highest BCUT2D eigenvalue weighted by Gasteiger charge is 2.34. The molecule has 0 saturated carbocycles. The summed E-state index contributed by atoms with van der Waals surface area (Å²) in [5.74, 6) is -0.761. The van der Waals surface area contributed by atoms with Crippen molar-refractivity contribution in [2.45, 2.75) is 19.5 Å². The monoisotopic (exact) mass is 222 g/mol. The van der Waals surface area contributed by atoms with Gasteiger partial charge in [-0.3, -0.25) is 0 Å². The normalized spacial score (nSPS) is 11.5. The molecule has 0 spiro atoms. The Kier molecular flexibility index (Phi) is 3.33. The van der Waals surface area contributed by atoms with E-state index in [0.29, 0.717) is 12.5 Å². The van der Waals surface area contributed by atoms with Gasteiger partial charge in [0.05, 0.1) is 6.61 Å². The van der Waals surface area contributed by atoms with E-state index in [2.05, 4.69) is 9.97 Å². The van der Waals surface area contributed by atoms with E-state index in [-0.39, 0.29) is 6.61 Å². The summed E-state index contributed by atoms with van der Waals surface area (Å²) in [4.78, 5) is 6.43. The van der Waals surface area contributed by atoms with Gasteiger partial charge in [-0.1, -0.05) is 6.92 Å². The standard InChI is InChI=1S/C8H9F3N2O2/c1-2-3-15-7-12-5(8(9,10)11)4-6(14)13-7/h4H,2-3H2,1H3,(H,12,13,14). The minimum absolute atomic E-state index is 0.195. The van der Waals surface area contributed by atoms with E-state index in [1.807, 2.05) is 0 Å². The van der Waals surface area contributed by atoms with Gasteiger partial charge in [0.25, 0.3) is 0 Å². The molecule has 0 aliphatic carbocycles. The molecule has 4 nitrogen and oxygen atoms in total. The van der Waals surface area contributed by atoms with Gasteiger partial charge >= 0.3 is 12.2 Å². The molecule has 0 radical (unpaired) electrons. The lowest BCUT2D eigenvalue weighted by molar-refractivity contribution is -0.141. The van der Waals surface area contributed by atoms with Gasteiger partial charge in [0.15, 0.2) is 5.69 Å². The van der Waals surface area contributed by atoms with Crippen molar-refractivity contribution in [1.29, 1.82) is 0 Å². The van der Waals surface area contributed by atoms with Crippen LogP contribution in [0.15, 0.2) is 6.07 Å². The topological polar surface area (TPSA) is 55.2 Å². The average Bonchev–Trinajstić information content (AvgIpc) is 2.12. The highest BCUT2D eigenvalue weighted by Crippen LogP contribution is 2.30. The summed E-state index contributed by atoms with van der Waals surface area (Å²) in [6, 6.07) is -0.0251. The molecule has 0 saturated heterocycles. The maximum Gasteiger partial charge on any atom is 0.433 e. The summed E-state index contributed by atoms with van der Waals surface area (Å²) in [5.41, 5.74) is -1.22. The van der Waals surface area contributed by atoms with E-state index in [1.54, 1.807) is 6.92 Å². The number of ether oxygens (including phenoxy) is 1. The fraction of sp³-hybridized carbons (Fsp3) is 0.500. The summed E-state index contributed by atoms with van der Waals surface area (Å²) in [7, 11) is 0. The Hall–Kier alpha value is -1.53. The number of aromatic nitrogens is 2. The van der Waals surface area contributed by atoms with E-state index in [9.17, 15) is 13.2 Å². The van der Waals surface area contributed by atoms with Gasteiger partial charge in [-0.25, -0.2) is 0 Å². The first-order valence-electron chi connectivity index (χ1n) is 4.21. The molecule has 0 amide bonds.